The molecule has 0 radical (unpaired) electrons. The van der Waals surface area contributed by atoms with Gasteiger partial charge in [0.15, 0.2) is 0 Å². The fourth-order valence-corrected chi connectivity index (χ4v) is 1.77. The molecule has 0 fully saturated rings. The number of ether oxygens (including phenoxy) is 2. The van der Waals surface area contributed by atoms with E-state index in [1.54, 1.807) is 7.11 Å². The van der Waals surface area contributed by atoms with E-state index in [4.69, 9.17) is 15.2 Å². The summed E-state index contributed by atoms with van der Waals surface area (Å²) in [5.74, 6) is 0.941. The molecule has 3 nitrogen and oxygen atoms in total. The first kappa shape index (κ1) is 17.2. The fourth-order valence-electron chi connectivity index (χ4n) is 1.77. The number of hydrogen-bond acceptors (Lipinski definition) is 3. The number of benzene rings is 1. The lowest BCUT2D eigenvalue weighted by Gasteiger charge is -2.15. The Kier molecular flexibility index (Phi) is 8.81. The van der Waals surface area contributed by atoms with E-state index in [1.165, 1.54) is 5.56 Å². The van der Waals surface area contributed by atoms with Gasteiger partial charge in [0.2, 0.25) is 0 Å². The third-order valence-electron chi connectivity index (χ3n) is 2.74. The van der Waals surface area contributed by atoms with Crippen LogP contribution in [-0.4, -0.2) is 19.8 Å². The van der Waals surface area contributed by atoms with Crippen molar-refractivity contribution in [2.45, 2.75) is 39.3 Å². The molecular formula is C14H24ClNO2. The number of hydrogen-bond donors (Lipinski definition) is 1. The van der Waals surface area contributed by atoms with Crippen molar-refractivity contribution in [2.75, 3.05) is 13.7 Å². The molecule has 0 amide bonds. The van der Waals surface area contributed by atoms with Crippen LogP contribution in [0.15, 0.2) is 18.2 Å². The molecule has 18 heavy (non-hydrogen) atoms. The lowest BCUT2D eigenvalue weighted by atomic mass is 10.0. The lowest BCUT2D eigenvalue weighted by molar-refractivity contribution is 0.184. The van der Waals surface area contributed by atoms with Gasteiger partial charge < -0.3 is 15.2 Å². The molecule has 0 heterocycles. The van der Waals surface area contributed by atoms with E-state index >= 15 is 0 Å². The van der Waals surface area contributed by atoms with Gasteiger partial charge in [0.05, 0.1) is 13.2 Å². The lowest BCUT2D eigenvalue weighted by Crippen LogP contribution is -2.21. The van der Waals surface area contributed by atoms with Gasteiger partial charge >= 0.3 is 0 Å². The molecule has 1 unspecified atom stereocenters. The van der Waals surface area contributed by atoms with Crippen molar-refractivity contribution in [3.63, 3.8) is 0 Å². The minimum absolute atomic E-state index is 0. The molecule has 0 aliphatic heterocycles. The van der Waals surface area contributed by atoms with Crippen molar-refractivity contribution in [1.29, 1.82) is 0 Å². The van der Waals surface area contributed by atoms with Crippen molar-refractivity contribution >= 4 is 12.4 Å². The molecule has 0 aliphatic rings. The predicted molar refractivity (Wildman–Crippen MR) is 77.5 cm³/mol. The first-order valence-corrected chi connectivity index (χ1v) is 6.20. The topological polar surface area (TPSA) is 44.5 Å². The van der Waals surface area contributed by atoms with Gasteiger partial charge in [-0.25, -0.2) is 0 Å². The number of halogens is 1. The SMILES string of the molecule is CCOc1ccc(COC)cc1CC(N)CC.Cl. The van der Waals surface area contributed by atoms with Crippen LogP contribution in [0.1, 0.15) is 31.4 Å². The van der Waals surface area contributed by atoms with Crippen LogP contribution in [0.5, 0.6) is 5.75 Å². The van der Waals surface area contributed by atoms with Gasteiger partial charge in [0.25, 0.3) is 0 Å². The maximum atomic E-state index is 6.01. The summed E-state index contributed by atoms with van der Waals surface area (Å²) in [4.78, 5) is 0. The van der Waals surface area contributed by atoms with Gasteiger partial charge in [-0.15, -0.1) is 12.4 Å². The van der Waals surface area contributed by atoms with Gasteiger partial charge in [-0.3, -0.25) is 0 Å². The molecule has 0 saturated carbocycles. The zero-order chi connectivity index (χ0) is 12.7. The van der Waals surface area contributed by atoms with Crippen LogP contribution in [0, 0.1) is 0 Å². The Bertz CT molecular complexity index is 345. The van der Waals surface area contributed by atoms with Crippen molar-refractivity contribution in [1.82, 2.24) is 0 Å². The second-order valence-corrected chi connectivity index (χ2v) is 4.18. The van der Waals surface area contributed by atoms with Gasteiger partial charge in [-0.05, 0) is 43.0 Å². The highest BCUT2D eigenvalue weighted by molar-refractivity contribution is 5.85. The molecule has 0 bridgehead atoms. The summed E-state index contributed by atoms with van der Waals surface area (Å²) in [6, 6.07) is 6.36. The summed E-state index contributed by atoms with van der Waals surface area (Å²) >= 11 is 0. The quantitative estimate of drug-likeness (QED) is 0.831. The van der Waals surface area contributed by atoms with Crippen LogP contribution in [0.25, 0.3) is 0 Å². The summed E-state index contributed by atoms with van der Waals surface area (Å²) in [7, 11) is 1.70. The van der Waals surface area contributed by atoms with Crippen LogP contribution >= 0.6 is 12.4 Å². The van der Waals surface area contributed by atoms with E-state index in [2.05, 4.69) is 13.0 Å². The normalized spacial score (nSPS) is 11.8. The molecule has 0 spiro atoms. The van der Waals surface area contributed by atoms with Crippen LogP contribution < -0.4 is 10.5 Å². The largest absolute Gasteiger partial charge is 0.494 e. The number of rotatable bonds is 7. The van der Waals surface area contributed by atoms with Crippen molar-refractivity contribution in [3.8, 4) is 5.75 Å². The Balaban J connectivity index is 0.00000289. The van der Waals surface area contributed by atoms with Crippen molar-refractivity contribution < 1.29 is 9.47 Å². The maximum absolute atomic E-state index is 6.01. The molecule has 1 aromatic carbocycles. The molecule has 0 aromatic heterocycles. The summed E-state index contributed by atoms with van der Waals surface area (Å²) in [5.41, 5.74) is 8.35. The molecule has 1 atom stereocenters. The first-order valence-electron chi connectivity index (χ1n) is 6.20. The third-order valence-corrected chi connectivity index (χ3v) is 2.74. The molecule has 0 aliphatic carbocycles. The smallest absolute Gasteiger partial charge is 0.122 e. The van der Waals surface area contributed by atoms with E-state index in [0.29, 0.717) is 13.2 Å². The molecular weight excluding hydrogens is 250 g/mol. The standard InChI is InChI=1S/C14H23NO2.ClH/c1-4-13(15)9-12-8-11(10-16-3)6-7-14(12)17-5-2;/h6-8,13H,4-5,9-10,15H2,1-3H3;1H. The third kappa shape index (κ3) is 5.25. The van der Waals surface area contributed by atoms with Crippen molar-refractivity contribution in [2.24, 2.45) is 5.73 Å². The summed E-state index contributed by atoms with van der Waals surface area (Å²) in [6.45, 7) is 5.40. The summed E-state index contributed by atoms with van der Waals surface area (Å²) in [6.07, 6.45) is 1.82. The molecule has 1 rings (SSSR count). The van der Waals surface area contributed by atoms with E-state index in [9.17, 15) is 0 Å². The zero-order valence-corrected chi connectivity index (χ0v) is 12.3. The van der Waals surface area contributed by atoms with Gasteiger partial charge in [-0.1, -0.05) is 13.0 Å². The Morgan fingerprint density at radius 3 is 2.56 bits per heavy atom. The minimum atomic E-state index is 0. The number of methoxy groups -OCH3 is 1. The van der Waals surface area contributed by atoms with E-state index in [1.807, 2.05) is 19.1 Å². The highest BCUT2D eigenvalue weighted by Crippen LogP contribution is 2.22. The molecule has 2 N–H and O–H groups in total. The van der Waals surface area contributed by atoms with Gasteiger partial charge in [-0.2, -0.15) is 0 Å². The Labute approximate surface area is 116 Å². The second-order valence-electron chi connectivity index (χ2n) is 4.18. The Hall–Kier alpha value is -0.770. The Morgan fingerprint density at radius 1 is 1.28 bits per heavy atom. The first-order chi connectivity index (χ1) is 8.21. The summed E-state index contributed by atoms with van der Waals surface area (Å²) in [5, 5.41) is 0. The fraction of sp³-hybridized carbons (Fsp3) is 0.571. The minimum Gasteiger partial charge on any atom is -0.494 e. The van der Waals surface area contributed by atoms with Crippen LogP contribution in [0.3, 0.4) is 0 Å². The highest BCUT2D eigenvalue weighted by atomic mass is 35.5. The number of nitrogens with two attached hydrogens (primary N) is 1. The van der Waals surface area contributed by atoms with Crippen LogP contribution in [-0.2, 0) is 17.8 Å². The average molecular weight is 274 g/mol. The van der Waals surface area contributed by atoms with Crippen molar-refractivity contribution in [3.05, 3.63) is 29.3 Å². The van der Waals surface area contributed by atoms with Crippen LogP contribution in [0.4, 0.5) is 0 Å². The molecule has 4 heteroatoms. The maximum Gasteiger partial charge on any atom is 0.122 e. The van der Waals surface area contributed by atoms with E-state index in [0.717, 1.165) is 24.2 Å². The molecule has 1 aromatic rings. The monoisotopic (exact) mass is 273 g/mol. The second kappa shape index (κ2) is 9.20. The van der Waals surface area contributed by atoms with E-state index < -0.39 is 0 Å². The van der Waals surface area contributed by atoms with Gasteiger partial charge in [0, 0.05) is 13.2 Å². The summed E-state index contributed by atoms with van der Waals surface area (Å²) < 4.78 is 10.8. The van der Waals surface area contributed by atoms with Crippen LogP contribution in [0.2, 0.25) is 0 Å². The van der Waals surface area contributed by atoms with Gasteiger partial charge in [0.1, 0.15) is 5.75 Å². The van der Waals surface area contributed by atoms with E-state index in [-0.39, 0.29) is 18.4 Å². The molecule has 104 valence electrons. The Morgan fingerprint density at radius 2 is 2.00 bits per heavy atom. The predicted octanol–water partition coefficient (Wildman–Crippen LogP) is 2.93. The zero-order valence-electron chi connectivity index (χ0n) is 11.4. The highest BCUT2D eigenvalue weighted by Gasteiger charge is 2.09. The molecule has 0 saturated heterocycles. The average Bonchev–Trinajstić information content (AvgIpc) is 2.33.